The molecule has 15 heavy (non-hydrogen) atoms. The number of hydrogen-bond donors (Lipinski definition) is 1. The monoisotopic (exact) mass is 206 g/mol. The Balaban J connectivity index is 2.49. The molecule has 0 aliphatic heterocycles. The number of pyridine rings is 1. The summed E-state index contributed by atoms with van der Waals surface area (Å²) >= 11 is 0. The molecule has 0 bridgehead atoms. The van der Waals surface area contributed by atoms with Gasteiger partial charge in [0.15, 0.2) is 0 Å². The maximum absolute atomic E-state index is 4.30. The van der Waals surface area contributed by atoms with Crippen molar-refractivity contribution in [1.29, 1.82) is 0 Å². The summed E-state index contributed by atoms with van der Waals surface area (Å²) in [5.74, 6) is 0. The van der Waals surface area contributed by atoms with E-state index in [2.05, 4.69) is 44.1 Å². The summed E-state index contributed by atoms with van der Waals surface area (Å²) in [6.45, 7) is 9.89. The van der Waals surface area contributed by atoms with Gasteiger partial charge in [0.1, 0.15) is 0 Å². The molecule has 1 N–H and O–H groups in total. The lowest BCUT2D eigenvalue weighted by Crippen LogP contribution is -2.39. The molecule has 0 amide bonds. The zero-order chi connectivity index (χ0) is 11.3. The Morgan fingerprint density at radius 2 is 2.07 bits per heavy atom. The Bertz CT molecular complexity index is 274. The molecule has 0 saturated carbocycles. The summed E-state index contributed by atoms with van der Waals surface area (Å²) in [4.78, 5) is 4.30. The molecule has 1 aromatic heterocycles. The number of hydrogen-bond acceptors (Lipinski definition) is 2. The average molecular weight is 206 g/mol. The first-order chi connectivity index (χ1) is 7.04. The summed E-state index contributed by atoms with van der Waals surface area (Å²) in [5.41, 5.74) is 1.42. The largest absolute Gasteiger partial charge is 0.308 e. The van der Waals surface area contributed by atoms with Gasteiger partial charge in [-0.3, -0.25) is 4.98 Å². The molecule has 1 rings (SSSR count). The van der Waals surface area contributed by atoms with E-state index in [0.29, 0.717) is 11.5 Å². The van der Waals surface area contributed by atoms with E-state index in [-0.39, 0.29) is 0 Å². The maximum Gasteiger partial charge on any atom is 0.0541 e. The van der Waals surface area contributed by atoms with Crippen molar-refractivity contribution in [1.82, 2.24) is 10.3 Å². The van der Waals surface area contributed by atoms with E-state index in [1.807, 2.05) is 18.3 Å². The summed E-state index contributed by atoms with van der Waals surface area (Å²) < 4.78 is 0. The van der Waals surface area contributed by atoms with Crippen LogP contribution in [0.5, 0.6) is 0 Å². The van der Waals surface area contributed by atoms with Crippen LogP contribution >= 0.6 is 0 Å². The Hall–Kier alpha value is -0.890. The molecular formula is C13H22N2. The number of nitrogens with one attached hydrogen (secondary N) is 1. The smallest absolute Gasteiger partial charge is 0.0541 e. The van der Waals surface area contributed by atoms with Gasteiger partial charge in [-0.05, 0) is 24.0 Å². The Morgan fingerprint density at radius 3 is 2.53 bits per heavy atom. The first kappa shape index (κ1) is 12.2. The summed E-state index contributed by atoms with van der Waals surface area (Å²) in [7, 11) is 0. The lowest BCUT2D eigenvalue weighted by molar-refractivity contribution is 0.259. The lowest BCUT2D eigenvalue weighted by atomic mass is 9.85. The van der Waals surface area contributed by atoms with Crippen molar-refractivity contribution in [2.75, 3.05) is 0 Å². The summed E-state index contributed by atoms with van der Waals surface area (Å²) in [6, 6.07) is 6.58. The van der Waals surface area contributed by atoms with E-state index in [0.717, 1.165) is 18.7 Å². The van der Waals surface area contributed by atoms with Crippen molar-refractivity contribution < 1.29 is 0 Å². The predicted molar refractivity (Wildman–Crippen MR) is 64.6 cm³/mol. The fourth-order valence-electron chi connectivity index (χ4n) is 1.79. The minimum absolute atomic E-state index is 0.309. The third kappa shape index (κ3) is 4.00. The molecule has 1 heterocycles. The first-order valence-corrected chi connectivity index (χ1v) is 5.67. The van der Waals surface area contributed by atoms with Gasteiger partial charge >= 0.3 is 0 Å². The van der Waals surface area contributed by atoms with Crippen LogP contribution in [0.1, 0.15) is 39.8 Å². The first-order valence-electron chi connectivity index (χ1n) is 5.67. The van der Waals surface area contributed by atoms with Gasteiger partial charge in [-0.15, -0.1) is 0 Å². The minimum atomic E-state index is 0.309. The van der Waals surface area contributed by atoms with Crippen molar-refractivity contribution in [2.45, 2.75) is 46.7 Å². The molecule has 0 fully saturated rings. The highest BCUT2D eigenvalue weighted by Crippen LogP contribution is 2.21. The van der Waals surface area contributed by atoms with Gasteiger partial charge in [0.25, 0.3) is 0 Å². The topological polar surface area (TPSA) is 24.9 Å². The van der Waals surface area contributed by atoms with Crippen LogP contribution in [0.4, 0.5) is 0 Å². The molecule has 0 aliphatic rings. The second-order valence-electron chi connectivity index (χ2n) is 5.03. The van der Waals surface area contributed by atoms with Crippen LogP contribution in [0.25, 0.3) is 0 Å². The van der Waals surface area contributed by atoms with Gasteiger partial charge in [0, 0.05) is 18.8 Å². The summed E-state index contributed by atoms with van der Waals surface area (Å²) in [5, 5.41) is 3.56. The van der Waals surface area contributed by atoms with Gasteiger partial charge in [-0.25, -0.2) is 0 Å². The fourth-order valence-corrected chi connectivity index (χ4v) is 1.79. The number of aromatic nitrogens is 1. The van der Waals surface area contributed by atoms with E-state index < -0.39 is 0 Å². The van der Waals surface area contributed by atoms with E-state index in [4.69, 9.17) is 0 Å². The Morgan fingerprint density at radius 1 is 1.33 bits per heavy atom. The quantitative estimate of drug-likeness (QED) is 0.819. The second-order valence-corrected chi connectivity index (χ2v) is 5.03. The SMILES string of the molecule is CCC(NCc1ccccn1)C(C)(C)C. The molecule has 2 nitrogen and oxygen atoms in total. The lowest BCUT2D eigenvalue weighted by Gasteiger charge is -2.30. The van der Waals surface area contributed by atoms with Gasteiger partial charge in [-0.2, -0.15) is 0 Å². The van der Waals surface area contributed by atoms with Crippen molar-refractivity contribution in [3.8, 4) is 0 Å². The van der Waals surface area contributed by atoms with Crippen LogP contribution in [-0.2, 0) is 6.54 Å². The van der Waals surface area contributed by atoms with Gasteiger partial charge in [0.05, 0.1) is 5.69 Å². The third-order valence-electron chi connectivity index (χ3n) is 2.71. The van der Waals surface area contributed by atoms with Gasteiger partial charge in [-0.1, -0.05) is 33.8 Å². The van der Waals surface area contributed by atoms with Crippen LogP contribution in [0.3, 0.4) is 0 Å². The van der Waals surface area contributed by atoms with E-state index in [1.54, 1.807) is 0 Å². The van der Waals surface area contributed by atoms with E-state index in [1.165, 1.54) is 0 Å². The molecule has 0 spiro atoms. The highest BCUT2D eigenvalue weighted by Gasteiger charge is 2.21. The molecule has 0 aliphatic carbocycles. The summed E-state index contributed by atoms with van der Waals surface area (Å²) in [6.07, 6.45) is 2.99. The molecule has 1 aromatic rings. The molecule has 0 radical (unpaired) electrons. The van der Waals surface area contributed by atoms with E-state index in [9.17, 15) is 0 Å². The van der Waals surface area contributed by atoms with Gasteiger partial charge < -0.3 is 5.32 Å². The molecule has 1 unspecified atom stereocenters. The van der Waals surface area contributed by atoms with Crippen LogP contribution in [0.15, 0.2) is 24.4 Å². The van der Waals surface area contributed by atoms with Crippen molar-refractivity contribution in [3.05, 3.63) is 30.1 Å². The minimum Gasteiger partial charge on any atom is -0.308 e. The number of rotatable bonds is 4. The highest BCUT2D eigenvalue weighted by atomic mass is 14.9. The zero-order valence-corrected chi connectivity index (χ0v) is 10.2. The van der Waals surface area contributed by atoms with Crippen LogP contribution < -0.4 is 5.32 Å². The van der Waals surface area contributed by atoms with Crippen LogP contribution in [0.2, 0.25) is 0 Å². The normalized spacial score (nSPS) is 13.9. The zero-order valence-electron chi connectivity index (χ0n) is 10.2. The molecule has 84 valence electrons. The molecular weight excluding hydrogens is 184 g/mol. The second kappa shape index (κ2) is 5.26. The average Bonchev–Trinajstić information content (AvgIpc) is 2.18. The fraction of sp³-hybridized carbons (Fsp3) is 0.615. The maximum atomic E-state index is 4.30. The third-order valence-corrected chi connectivity index (χ3v) is 2.71. The molecule has 0 saturated heterocycles. The van der Waals surface area contributed by atoms with Crippen molar-refractivity contribution in [2.24, 2.45) is 5.41 Å². The van der Waals surface area contributed by atoms with Crippen LogP contribution in [-0.4, -0.2) is 11.0 Å². The highest BCUT2D eigenvalue weighted by molar-refractivity contribution is 5.03. The Labute approximate surface area is 93.1 Å². The Kier molecular flexibility index (Phi) is 4.28. The number of nitrogens with zero attached hydrogens (tertiary/aromatic N) is 1. The predicted octanol–water partition coefficient (Wildman–Crippen LogP) is 3.00. The standard InChI is InChI=1S/C13H22N2/c1-5-12(13(2,3)4)15-10-11-8-6-7-9-14-11/h6-9,12,15H,5,10H2,1-4H3. The van der Waals surface area contributed by atoms with Crippen LogP contribution in [0, 0.1) is 5.41 Å². The molecule has 2 heteroatoms. The van der Waals surface area contributed by atoms with Gasteiger partial charge in [0.2, 0.25) is 0 Å². The molecule has 0 aromatic carbocycles. The van der Waals surface area contributed by atoms with Crippen molar-refractivity contribution >= 4 is 0 Å². The van der Waals surface area contributed by atoms with E-state index >= 15 is 0 Å². The van der Waals surface area contributed by atoms with Crippen molar-refractivity contribution in [3.63, 3.8) is 0 Å². The molecule has 1 atom stereocenters.